The number of anilines is 1. The van der Waals surface area contributed by atoms with Crippen molar-refractivity contribution in [2.75, 3.05) is 11.1 Å². The maximum atomic E-state index is 12.0. The highest BCUT2D eigenvalue weighted by Crippen LogP contribution is 2.28. The zero-order valence-corrected chi connectivity index (χ0v) is 14.7. The number of benzene rings is 2. The molecule has 1 heterocycles. The van der Waals surface area contributed by atoms with Gasteiger partial charge in [-0.3, -0.25) is 4.79 Å². The first kappa shape index (κ1) is 16.5. The highest BCUT2D eigenvalue weighted by atomic mass is 32.2. The van der Waals surface area contributed by atoms with E-state index in [2.05, 4.69) is 29.4 Å². The molecule has 0 bridgehead atoms. The summed E-state index contributed by atoms with van der Waals surface area (Å²) in [6, 6.07) is 14.7. The van der Waals surface area contributed by atoms with E-state index in [1.807, 2.05) is 17.5 Å². The van der Waals surface area contributed by atoms with E-state index in [1.165, 1.54) is 34.7 Å². The Kier molecular flexibility index (Phi) is 5.17. The second-order valence-corrected chi connectivity index (χ2v) is 7.33. The van der Waals surface area contributed by atoms with Gasteiger partial charge in [0.1, 0.15) is 5.75 Å². The Morgan fingerprint density at radius 3 is 2.79 bits per heavy atom. The number of carbonyl (C=O) groups excluding carboxylic acids is 1. The molecule has 0 saturated carbocycles. The molecule has 0 atom stereocenters. The van der Waals surface area contributed by atoms with Crippen LogP contribution in [-0.2, 0) is 4.79 Å². The first-order valence-electron chi connectivity index (χ1n) is 7.34. The number of aromatic nitrogens is 1. The van der Waals surface area contributed by atoms with Crippen molar-refractivity contribution in [3.63, 3.8) is 0 Å². The molecule has 0 radical (unpaired) electrons. The summed E-state index contributed by atoms with van der Waals surface area (Å²) in [5, 5.41) is 14.2. The van der Waals surface area contributed by atoms with Gasteiger partial charge in [-0.15, -0.1) is 11.3 Å². The van der Waals surface area contributed by atoms with Crippen molar-refractivity contribution in [2.45, 2.75) is 11.3 Å². The van der Waals surface area contributed by atoms with Crippen molar-refractivity contribution >= 4 is 34.7 Å². The smallest absolute Gasteiger partial charge is 0.234 e. The van der Waals surface area contributed by atoms with Crippen LogP contribution in [0.5, 0.6) is 5.75 Å². The van der Waals surface area contributed by atoms with Crippen LogP contribution in [0.4, 0.5) is 5.69 Å². The van der Waals surface area contributed by atoms with Crippen molar-refractivity contribution in [1.29, 1.82) is 0 Å². The van der Waals surface area contributed by atoms with Gasteiger partial charge in [0.05, 0.1) is 11.4 Å². The molecule has 3 aromatic rings. The normalized spacial score (nSPS) is 10.5. The molecule has 2 aromatic carbocycles. The van der Waals surface area contributed by atoms with Crippen LogP contribution >= 0.6 is 23.1 Å². The predicted molar refractivity (Wildman–Crippen MR) is 99.7 cm³/mol. The maximum Gasteiger partial charge on any atom is 0.234 e. The van der Waals surface area contributed by atoms with Crippen LogP contribution < -0.4 is 5.32 Å². The molecule has 122 valence electrons. The number of phenols is 1. The molecule has 0 spiro atoms. The van der Waals surface area contributed by atoms with E-state index >= 15 is 0 Å². The Hall–Kier alpha value is -2.31. The van der Waals surface area contributed by atoms with E-state index in [-0.39, 0.29) is 17.4 Å². The molecule has 2 N–H and O–H groups in total. The lowest BCUT2D eigenvalue weighted by Gasteiger charge is -2.04. The molecule has 24 heavy (non-hydrogen) atoms. The van der Waals surface area contributed by atoms with E-state index in [0.29, 0.717) is 5.69 Å². The van der Waals surface area contributed by atoms with Gasteiger partial charge in [-0.1, -0.05) is 47.7 Å². The number of thioether (sulfide) groups is 1. The van der Waals surface area contributed by atoms with Gasteiger partial charge in [0, 0.05) is 22.7 Å². The zero-order valence-electron chi connectivity index (χ0n) is 13.0. The van der Waals surface area contributed by atoms with Gasteiger partial charge in [0.15, 0.2) is 4.34 Å². The summed E-state index contributed by atoms with van der Waals surface area (Å²) < 4.78 is 0.858. The predicted octanol–water partition coefficient (Wildman–Crippen LogP) is 4.55. The van der Waals surface area contributed by atoms with Crippen LogP contribution in [0.2, 0.25) is 0 Å². The Bertz CT molecular complexity index is 844. The van der Waals surface area contributed by atoms with Crippen LogP contribution in [0.25, 0.3) is 11.3 Å². The third kappa shape index (κ3) is 4.37. The van der Waals surface area contributed by atoms with E-state index in [1.54, 1.807) is 18.2 Å². The summed E-state index contributed by atoms with van der Waals surface area (Å²) in [5.74, 6) is 0.275. The average Bonchev–Trinajstić information content (AvgIpc) is 3.03. The summed E-state index contributed by atoms with van der Waals surface area (Å²) >= 11 is 2.93. The van der Waals surface area contributed by atoms with Crippen LogP contribution in [0.1, 0.15) is 5.56 Å². The number of phenolic OH excluding ortho intramolecular Hbond substituents is 1. The van der Waals surface area contributed by atoms with Crippen LogP contribution in [0, 0.1) is 6.92 Å². The molecule has 0 aliphatic carbocycles. The summed E-state index contributed by atoms with van der Waals surface area (Å²) in [5.41, 5.74) is 3.80. The van der Waals surface area contributed by atoms with Gasteiger partial charge in [-0.05, 0) is 19.1 Å². The van der Waals surface area contributed by atoms with Gasteiger partial charge in [-0.2, -0.15) is 0 Å². The molecule has 0 unspecified atom stereocenters. The van der Waals surface area contributed by atoms with Crippen molar-refractivity contribution < 1.29 is 9.90 Å². The average molecular weight is 356 g/mol. The summed E-state index contributed by atoms with van der Waals surface area (Å²) in [6.45, 7) is 2.05. The number of aryl methyl sites for hydroxylation is 1. The van der Waals surface area contributed by atoms with Crippen LogP contribution in [0.15, 0.2) is 58.3 Å². The second kappa shape index (κ2) is 7.51. The monoisotopic (exact) mass is 356 g/mol. The minimum absolute atomic E-state index is 0.127. The van der Waals surface area contributed by atoms with Gasteiger partial charge in [0.2, 0.25) is 5.91 Å². The number of thiazole rings is 1. The molecule has 0 aliphatic heterocycles. The van der Waals surface area contributed by atoms with Gasteiger partial charge >= 0.3 is 0 Å². The van der Waals surface area contributed by atoms with Crippen molar-refractivity contribution in [3.05, 3.63) is 59.5 Å². The highest BCUT2D eigenvalue weighted by molar-refractivity contribution is 8.01. The van der Waals surface area contributed by atoms with Gasteiger partial charge in [-0.25, -0.2) is 4.98 Å². The minimum atomic E-state index is -0.127. The third-order valence-electron chi connectivity index (χ3n) is 3.29. The number of hydrogen-bond donors (Lipinski definition) is 2. The Balaban J connectivity index is 1.57. The van der Waals surface area contributed by atoms with E-state index in [0.717, 1.165) is 15.6 Å². The molecule has 1 aromatic heterocycles. The Labute approximate surface area is 148 Å². The molecular formula is C18H16N2O2S2. The SMILES string of the molecule is Cc1ccc(-c2csc(SCC(=O)Nc3cccc(O)c3)n2)cc1. The van der Waals surface area contributed by atoms with E-state index in [4.69, 9.17) is 0 Å². The first-order chi connectivity index (χ1) is 11.6. The quantitative estimate of drug-likeness (QED) is 0.658. The van der Waals surface area contributed by atoms with Gasteiger partial charge in [0.25, 0.3) is 0 Å². The van der Waals surface area contributed by atoms with Crippen molar-refractivity contribution in [2.24, 2.45) is 0 Å². The number of amides is 1. The Morgan fingerprint density at radius 2 is 2.04 bits per heavy atom. The molecule has 3 rings (SSSR count). The summed E-state index contributed by atoms with van der Waals surface area (Å²) in [7, 11) is 0. The van der Waals surface area contributed by atoms with Crippen LogP contribution in [-0.4, -0.2) is 21.8 Å². The Morgan fingerprint density at radius 1 is 1.25 bits per heavy atom. The molecule has 1 amide bonds. The fraction of sp³-hybridized carbons (Fsp3) is 0.111. The van der Waals surface area contributed by atoms with Crippen LogP contribution in [0.3, 0.4) is 0 Å². The largest absolute Gasteiger partial charge is 0.508 e. The van der Waals surface area contributed by atoms with Gasteiger partial charge < -0.3 is 10.4 Å². The molecule has 4 nitrogen and oxygen atoms in total. The standard InChI is InChI=1S/C18H16N2O2S2/c1-12-5-7-13(8-6-12)16-10-23-18(20-16)24-11-17(22)19-14-3-2-4-15(21)9-14/h2-10,21H,11H2,1H3,(H,19,22). The molecule has 0 fully saturated rings. The maximum absolute atomic E-state index is 12.0. The molecule has 6 heteroatoms. The summed E-state index contributed by atoms with van der Waals surface area (Å²) in [6.07, 6.45) is 0. The van der Waals surface area contributed by atoms with Crippen molar-refractivity contribution in [3.8, 4) is 17.0 Å². The molecule has 0 saturated heterocycles. The zero-order chi connectivity index (χ0) is 16.9. The number of nitrogens with one attached hydrogen (secondary N) is 1. The first-order valence-corrected chi connectivity index (χ1v) is 9.21. The number of rotatable bonds is 5. The second-order valence-electron chi connectivity index (χ2n) is 5.25. The lowest BCUT2D eigenvalue weighted by Crippen LogP contribution is -2.13. The third-order valence-corrected chi connectivity index (χ3v) is 5.31. The highest BCUT2D eigenvalue weighted by Gasteiger charge is 2.08. The lowest BCUT2D eigenvalue weighted by atomic mass is 10.1. The molecular weight excluding hydrogens is 340 g/mol. The summed E-state index contributed by atoms with van der Waals surface area (Å²) in [4.78, 5) is 16.5. The minimum Gasteiger partial charge on any atom is -0.508 e. The number of aromatic hydroxyl groups is 1. The van der Waals surface area contributed by atoms with Crippen molar-refractivity contribution in [1.82, 2.24) is 4.98 Å². The topological polar surface area (TPSA) is 62.2 Å². The fourth-order valence-corrected chi connectivity index (χ4v) is 3.72. The van der Waals surface area contributed by atoms with E-state index < -0.39 is 0 Å². The number of nitrogens with zero attached hydrogens (tertiary/aromatic N) is 1. The number of carbonyl (C=O) groups is 1. The fourth-order valence-electron chi connectivity index (χ4n) is 2.09. The lowest BCUT2D eigenvalue weighted by molar-refractivity contribution is -0.113. The molecule has 0 aliphatic rings. The van der Waals surface area contributed by atoms with E-state index in [9.17, 15) is 9.90 Å². The number of hydrogen-bond acceptors (Lipinski definition) is 5.